The third kappa shape index (κ3) is 7.51. The number of nitrogen functional groups attached to an aromatic ring is 1. The minimum absolute atomic E-state index is 0.318. The fourth-order valence-corrected chi connectivity index (χ4v) is 1.07. The second-order valence-corrected chi connectivity index (χ2v) is 4.64. The predicted octanol–water partition coefficient (Wildman–Crippen LogP) is 1.69. The highest BCUT2D eigenvalue weighted by Crippen LogP contribution is 2.17. The van der Waals surface area contributed by atoms with Gasteiger partial charge in [0.25, 0.3) is 6.47 Å². The first-order valence-electron chi connectivity index (χ1n) is 5.57. The monoisotopic (exact) mass is 254 g/mol. The molecule has 18 heavy (non-hydrogen) atoms. The maximum atomic E-state index is 9.60. The first kappa shape index (κ1) is 16.2. The average molecular weight is 254 g/mol. The number of carbonyl (C=O) groups excluding carboxylic acids is 1. The minimum Gasteiger partial charge on any atom is -0.497 e. The molecule has 0 spiro atoms. The van der Waals surface area contributed by atoms with E-state index in [9.17, 15) is 4.79 Å². The van der Waals surface area contributed by atoms with Crippen LogP contribution in [0.15, 0.2) is 18.2 Å². The van der Waals surface area contributed by atoms with Crippen LogP contribution in [0, 0.1) is 0 Å². The fourth-order valence-electron chi connectivity index (χ4n) is 1.07. The number of nitrogens with two attached hydrogens (primary N) is 2. The van der Waals surface area contributed by atoms with Crippen LogP contribution >= 0.6 is 0 Å². The number of anilines is 1. The van der Waals surface area contributed by atoms with E-state index in [2.05, 4.69) is 4.74 Å². The summed E-state index contributed by atoms with van der Waals surface area (Å²) in [5, 5.41) is 0. The summed E-state index contributed by atoms with van der Waals surface area (Å²) in [6.45, 7) is 6.41. The molecule has 0 heterocycles. The van der Waals surface area contributed by atoms with Crippen molar-refractivity contribution < 1.29 is 14.3 Å². The van der Waals surface area contributed by atoms with Crippen molar-refractivity contribution >= 4 is 12.2 Å². The van der Waals surface area contributed by atoms with Crippen molar-refractivity contribution in [3.05, 3.63) is 23.8 Å². The summed E-state index contributed by atoms with van der Waals surface area (Å²) in [5.74, 6) is 0.755. The van der Waals surface area contributed by atoms with Gasteiger partial charge in [0, 0.05) is 18.3 Å². The van der Waals surface area contributed by atoms with Crippen LogP contribution in [0.4, 0.5) is 5.69 Å². The molecule has 0 amide bonds. The lowest BCUT2D eigenvalue weighted by atomic mass is 10.2. The third-order valence-electron chi connectivity index (χ3n) is 1.86. The number of hydrogen-bond acceptors (Lipinski definition) is 5. The van der Waals surface area contributed by atoms with Gasteiger partial charge in [-0.05, 0) is 38.5 Å². The normalized spacial score (nSPS) is 10.1. The highest BCUT2D eigenvalue weighted by atomic mass is 16.5. The van der Waals surface area contributed by atoms with E-state index in [-0.39, 0.29) is 5.60 Å². The number of hydrogen-bond donors (Lipinski definition) is 2. The van der Waals surface area contributed by atoms with Crippen LogP contribution in [0.3, 0.4) is 0 Å². The molecule has 0 bridgehead atoms. The maximum Gasteiger partial charge on any atom is 0.293 e. The van der Waals surface area contributed by atoms with E-state index in [0.717, 1.165) is 11.3 Å². The Bertz CT molecular complexity index is 351. The average Bonchev–Trinajstić information content (AvgIpc) is 2.27. The van der Waals surface area contributed by atoms with Gasteiger partial charge in [-0.2, -0.15) is 0 Å². The Kier molecular flexibility index (Phi) is 6.82. The molecule has 0 aliphatic heterocycles. The molecule has 5 heteroatoms. The van der Waals surface area contributed by atoms with Gasteiger partial charge < -0.3 is 20.9 Å². The van der Waals surface area contributed by atoms with Gasteiger partial charge in [-0.3, -0.25) is 4.79 Å². The standard InChI is InChI=1S/C8H12N2O.C5H10O2/c1-11-8-3-6(5-9)2-7(10)4-8;1-5(2,3)7-4-6/h2-4H,5,9-10H2,1H3;4H,1-3H3. The van der Waals surface area contributed by atoms with Gasteiger partial charge in [-0.15, -0.1) is 0 Å². The van der Waals surface area contributed by atoms with E-state index < -0.39 is 0 Å². The molecule has 1 aromatic rings. The highest BCUT2D eigenvalue weighted by Gasteiger charge is 2.07. The Labute approximate surface area is 108 Å². The van der Waals surface area contributed by atoms with Crippen molar-refractivity contribution in [3.63, 3.8) is 0 Å². The summed E-state index contributed by atoms with van der Waals surface area (Å²) in [7, 11) is 1.61. The van der Waals surface area contributed by atoms with Gasteiger partial charge in [-0.25, -0.2) is 0 Å². The van der Waals surface area contributed by atoms with Gasteiger partial charge in [0.1, 0.15) is 11.4 Å². The molecule has 0 saturated heterocycles. The zero-order valence-corrected chi connectivity index (χ0v) is 11.4. The van der Waals surface area contributed by atoms with Crippen LogP contribution in [0.5, 0.6) is 5.75 Å². The molecule has 0 aliphatic carbocycles. The van der Waals surface area contributed by atoms with Gasteiger partial charge in [0.15, 0.2) is 0 Å². The van der Waals surface area contributed by atoms with Crippen LogP contribution in [0.25, 0.3) is 0 Å². The molecule has 4 N–H and O–H groups in total. The smallest absolute Gasteiger partial charge is 0.293 e. The van der Waals surface area contributed by atoms with Crippen LogP contribution in [-0.2, 0) is 16.1 Å². The van der Waals surface area contributed by atoms with Crippen LogP contribution in [0.1, 0.15) is 26.3 Å². The van der Waals surface area contributed by atoms with E-state index in [1.165, 1.54) is 0 Å². The van der Waals surface area contributed by atoms with Crippen molar-refractivity contribution in [1.29, 1.82) is 0 Å². The molecule has 0 unspecified atom stereocenters. The molecule has 5 nitrogen and oxygen atoms in total. The van der Waals surface area contributed by atoms with Crippen molar-refractivity contribution in [2.75, 3.05) is 12.8 Å². The molecule has 102 valence electrons. The Balaban J connectivity index is 0.000000360. The van der Waals surface area contributed by atoms with E-state index in [1.807, 2.05) is 32.9 Å². The quantitative estimate of drug-likeness (QED) is 0.633. The molecule has 0 fully saturated rings. The molecule has 1 aromatic carbocycles. The molecule has 0 radical (unpaired) electrons. The Morgan fingerprint density at radius 3 is 2.22 bits per heavy atom. The topological polar surface area (TPSA) is 87.6 Å². The lowest BCUT2D eigenvalue weighted by molar-refractivity contribution is -0.138. The van der Waals surface area contributed by atoms with E-state index >= 15 is 0 Å². The molecular formula is C13H22N2O3. The molecule has 0 aliphatic rings. The zero-order valence-electron chi connectivity index (χ0n) is 11.4. The first-order chi connectivity index (χ1) is 8.32. The van der Waals surface area contributed by atoms with Gasteiger partial charge >= 0.3 is 0 Å². The van der Waals surface area contributed by atoms with Crippen LogP contribution < -0.4 is 16.2 Å². The fraction of sp³-hybridized carbons (Fsp3) is 0.462. The highest BCUT2D eigenvalue weighted by molar-refractivity contribution is 5.47. The number of ether oxygens (including phenoxy) is 2. The Hall–Kier alpha value is -1.75. The Morgan fingerprint density at radius 1 is 1.28 bits per heavy atom. The first-order valence-corrected chi connectivity index (χ1v) is 5.57. The lowest BCUT2D eigenvalue weighted by Crippen LogP contribution is -2.17. The van der Waals surface area contributed by atoms with Crippen molar-refractivity contribution in [2.45, 2.75) is 32.9 Å². The Morgan fingerprint density at radius 2 is 1.89 bits per heavy atom. The van der Waals surface area contributed by atoms with Crippen molar-refractivity contribution in [2.24, 2.45) is 5.73 Å². The van der Waals surface area contributed by atoms with Gasteiger partial charge in [-0.1, -0.05) is 0 Å². The van der Waals surface area contributed by atoms with E-state index in [0.29, 0.717) is 18.7 Å². The molecule has 1 rings (SSSR count). The molecule has 0 aromatic heterocycles. The molecular weight excluding hydrogens is 232 g/mol. The predicted molar refractivity (Wildman–Crippen MR) is 72.2 cm³/mol. The summed E-state index contributed by atoms with van der Waals surface area (Å²) >= 11 is 0. The van der Waals surface area contributed by atoms with Crippen molar-refractivity contribution in [3.8, 4) is 5.75 Å². The zero-order chi connectivity index (χ0) is 14.2. The summed E-state index contributed by atoms with van der Waals surface area (Å²) < 4.78 is 9.55. The SMILES string of the molecule is CC(C)(C)OC=O.COc1cc(N)cc(CN)c1. The third-order valence-corrected chi connectivity index (χ3v) is 1.86. The van der Waals surface area contributed by atoms with Gasteiger partial charge in [0.2, 0.25) is 0 Å². The van der Waals surface area contributed by atoms with Gasteiger partial charge in [0.05, 0.1) is 7.11 Å². The lowest BCUT2D eigenvalue weighted by Gasteiger charge is -2.14. The second kappa shape index (κ2) is 7.55. The molecule has 0 atom stereocenters. The number of rotatable bonds is 3. The van der Waals surface area contributed by atoms with Crippen molar-refractivity contribution in [1.82, 2.24) is 0 Å². The van der Waals surface area contributed by atoms with Crippen LogP contribution in [-0.4, -0.2) is 19.2 Å². The summed E-state index contributed by atoms with van der Waals surface area (Å²) in [5.41, 5.74) is 12.4. The molecule has 0 saturated carbocycles. The number of benzene rings is 1. The largest absolute Gasteiger partial charge is 0.497 e. The summed E-state index contributed by atoms with van der Waals surface area (Å²) in [4.78, 5) is 9.60. The maximum absolute atomic E-state index is 9.60. The van der Waals surface area contributed by atoms with E-state index in [4.69, 9.17) is 16.2 Å². The van der Waals surface area contributed by atoms with Crippen LogP contribution in [0.2, 0.25) is 0 Å². The number of carbonyl (C=O) groups is 1. The number of methoxy groups -OCH3 is 1. The summed E-state index contributed by atoms with van der Waals surface area (Å²) in [6, 6.07) is 5.47. The second-order valence-electron chi connectivity index (χ2n) is 4.64. The summed E-state index contributed by atoms with van der Waals surface area (Å²) in [6.07, 6.45) is 0. The van der Waals surface area contributed by atoms with E-state index in [1.54, 1.807) is 13.2 Å². The minimum atomic E-state index is -0.318.